The van der Waals surface area contributed by atoms with Gasteiger partial charge in [-0.05, 0) is 30.5 Å². The molecule has 1 atom stereocenters. The van der Waals surface area contributed by atoms with Gasteiger partial charge in [-0.15, -0.1) is 11.3 Å². The maximum absolute atomic E-state index is 13.2. The zero-order valence-electron chi connectivity index (χ0n) is 15.0. The first-order valence-corrected chi connectivity index (χ1v) is 9.65. The van der Waals surface area contributed by atoms with Crippen LogP contribution in [-0.2, 0) is 16.8 Å². The zero-order chi connectivity index (χ0) is 18.7. The summed E-state index contributed by atoms with van der Waals surface area (Å²) in [5.41, 5.74) is -0.336. The molecular formula is C20H22N2O3S. The van der Waals surface area contributed by atoms with Crippen LogP contribution < -0.4 is 5.32 Å². The summed E-state index contributed by atoms with van der Waals surface area (Å²) in [6.45, 7) is 3.76. The van der Waals surface area contributed by atoms with E-state index in [0.717, 1.165) is 28.2 Å². The van der Waals surface area contributed by atoms with E-state index in [2.05, 4.69) is 5.32 Å². The molecule has 3 amide bonds. The number of benzene rings is 1. The van der Waals surface area contributed by atoms with E-state index in [9.17, 15) is 14.4 Å². The van der Waals surface area contributed by atoms with Crippen molar-refractivity contribution < 1.29 is 14.4 Å². The molecule has 1 saturated heterocycles. The molecule has 0 spiro atoms. The molecule has 1 aliphatic rings. The molecule has 5 nitrogen and oxygen atoms in total. The Morgan fingerprint density at radius 1 is 1.12 bits per heavy atom. The number of thiophene rings is 1. The van der Waals surface area contributed by atoms with Crippen molar-refractivity contribution in [3.05, 3.63) is 57.8 Å². The largest absolute Gasteiger partial charge is 0.325 e. The summed E-state index contributed by atoms with van der Waals surface area (Å²) < 4.78 is 0. The van der Waals surface area contributed by atoms with E-state index in [-0.39, 0.29) is 18.2 Å². The number of carbonyl (C=O) groups excluding carboxylic acids is 3. The van der Waals surface area contributed by atoms with Gasteiger partial charge < -0.3 is 5.32 Å². The molecule has 1 N–H and O–H groups in total. The minimum atomic E-state index is -1.09. The van der Waals surface area contributed by atoms with E-state index in [1.54, 1.807) is 6.07 Å². The number of rotatable bonds is 7. The Bertz CT molecular complexity index is 831. The fourth-order valence-electron chi connectivity index (χ4n) is 3.32. The number of amides is 3. The first kappa shape index (κ1) is 18.3. The van der Waals surface area contributed by atoms with Crippen LogP contribution in [0.25, 0.3) is 0 Å². The Labute approximate surface area is 157 Å². The molecule has 2 aromatic rings. The van der Waals surface area contributed by atoms with E-state index in [1.807, 2.05) is 50.2 Å². The number of carbonyl (C=O) groups is 3. The Morgan fingerprint density at radius 2 is 1.85 bits per heavy atom. The molecule has 1 aliphatic heterocycles. The highest BCUT2D eigenvalue weighted by molar-refractivity contribution is 7.14. The fourth-order valence-corrected chi connectivity index (χ4v) is 4.19. The monoisotopic (exact) mass is 370 g/mol. The number of aryl methyl sites for hydroxylation is 1. The Hall–Kier alpha value is -2.47. The summed E-state index contributed by atoms with van der Waals surface area (Å²) in [6.07, 6.45) is 2.08. The summed E-state index contributed by atoms with van der Waals surface area (Å²) in [4.78, 5) is 41.0. The molecule has 1 aromatic carbocycles. The van der Waals surface area contributed by atoms with E-state index >= 15 is 0 Å². The number of imide groups is 1. The van der Waals surface area contributed by atoms with Gasteiger partial charge in [0.05, 0.1) is 11.4 Å². The van der Waals surface area contributed by atoms with Crippen LogP contribution in [0.5, 0.6) is 0 Å². The van der Waals surface area contributed by atoms with Crippen molar-refractivity contribution >= 4 is 29.1 Å². The van der Waals surface area contributed by atoms with E-state index in [1.165, 1.54) is 11.3 Å². The highest BCUT2D eigenvalue weighted by atomic mass is 32.1. The minimum Gasteiger partial charge on any atom is -0.319 e. The molecule has 0 bridgehead atoms. The highest BCUT2D eigenvalue weighted by Crippen LogP contribution is 2.33. The van der Waals surface area contributed by atoms with Gasteiger partial charge in [0, 0.05) is 4.88 Å². The van der Waals surface area contributed by atoms with Gasteiger partial charge in [-0.1, -0.05) is 50.6 Å². The second-order valence-electron chi connectivity index (χ2n) is 6.39. The molecule has 26 heavy (non-hydrogen) atoms. The number of nitrogens with zero attached hydrogens (tertiary/aromatic N) is 1. The van der Waals surface area contributed by atoms with Crippen molar-refractivity contribution in [3.8, 4) is 0 Å². The van der Waals surface area contributed by atoms with E-state index < -0.39 is 11.6 Å². The number of hydrogen-bond acceptors (Lipinski definition) is 4. The minimum absolute atomic E-state index is 0.210. The van der Waals surface area contributed by atoms with E-state index in [4.69, 9.17) is 0 Å². The van der Waals surface area contributed by atoms with Crippen LogP contribution in [0, 0.1) is 0 Å². The average Bonchev–Trinajstić information content (AvgIpc) is 3.22. The Morgan fingerprint density at radius 3 is 2.46 bits per heavy atom. The first-order valence-electron chi connectivity index (χ1n) is 8.83. The second kappa shape index (κ2) is 7.41. The summed E-state index contributed by atoms with van der Waals surface area (Å²) >= 11 is 1.41. The molecular weight excluding hydrogens is 348 g/mol. The van der Waals surface area contributed by atoms with Gasteiger partial charge in [-0.3, -0.25) is 14.5 Å². The zero-order valence-corrected chi connectivity index (χ0v) is 15.8. The summed E-state index contributed by atoms with van der Waals surface area (Å²) in [5, 5.41) is 2.85. The van der Waals surface area contributed by atoms with Gasteiger partial charge in [0.15, 0.2) is 5.78 Å². The van der Waals surface area contributed by atoms with Crippen molar-refractivity contribution in [2.24, 2.45) is 0 Å². The van der Waals surface area contributed by atoms with Crippen LogP contribution in [0.1, 0.15) is 46.8 Å². The standard InChI is InChI=1S/C20H22N2O3S/c1-3-12-20(14-8-6-5-7-9-14)18(24)22(19(25)21-20)13-16(23)17-11-10-15(4-2)26-17/h5-11H,3-4,12-13H2,1-2H3,(H,21,25)/t20-/m0/s1. The lowest BCUT2D eigenvalue weighted by Gasteiger charge is -2.26. The van der Waals surface area contributed by atoms with Gasteiger partial charge in [0.1, 0.15) is 5.54 Å². The number of hydrogen-bond donors (Lipinski definition) is 1. The number of ketones is 1. The topological polar surface area (TPSA) is 66.5 Å². The summed E-state index contributed by atoms with van der Waals surface area (Å²) in [7, 11) is 0. The normalized spacial score (nSPS) is 19.7. The van der Waals surface area contributed by atoms with Crippen LogP contribution in [-0.4, -0.2) is 29.2 Å². The van der Waals surface area contributed by atoms with Crippen molar-refractivity contribution in [1.82, 2.24) is 10.2 Å². The number of urea groups is 1. The predicted octanol–water partition coefficient (Wildman–Crippen LogP) is 3.74. The van der Waals surface area contributed by atoms with Crippen molar-refractivity contribution in [3.63, 3.8) is 0 Å². The third-order valence-corrected chi connectivity index (χ3v) is 5.92. The van der Waals surface area contributed by atoms with Crippen LogP contribution in [0.3, 0.4) is 0 Å². The molecule has 3 rings (SSSR count). The predicted molar refractivity (Wildman–Crippen MR) is 101 cm³/mol. The van der Waals surface area contributed by atoms with Gasteiger partial charge in [0.2, 0.25) is 0 Å². The molecule has 136 valence electrons. The van der Waals surface area contributed by atoms with Gasteiger partial charge in [-0.2, -0.15) is 0 Å². The third-order valence-electron chi connectivity index (χ3n) is 4.65. The molecule has 2 heterocycles. The third kappa shape index (κ3) is 3.17. The Kier molecular flexibility index (Phi) is 5.23. The van der Waals surface area contributed by atoms with Crippen molar-refractivity contribution in [1.29, 1.82) is 0 Å². The van der Waals surface area contributed by atoms with Crippen LogP contribution in [0.15, 0.2) is 42.5 Å². The molecule has 1 aromatic heterocycles. The van der Waals surface area contributed by atoms with Crippen LogP contribution in [0.2, 0.25) is 0 Å². The smallest absolute Gasteiger partial charge is 0.319 e. The first-order chi connectivity index (χ1) is 12.5. The molecule has 0 aliphatic carbocycles. The quantitative estimate of drug-likeness (QED) is 0.596. The summed E-state index contributed by atoms with van der Waals surface area (Å²) in [6, 6.07) is 12.4. The van der Waals surface area contributed by atoms with Crippen molar-refractivity contribution in [2.75, 3.05) is 6.54 Å². The second-order valence-corrected chi connectivity index (χ2v) is 7.55. The lowest BCUT2D eigenvalue weighted by Crippen LogP contribution is -2.44. The van der Waals surface area contributed by atoms with Gasteiger partial charge >= 0.3 is 6.03 Å². The maximum atomic E-state index is 13.2. The molecule has 0 unspecified atom stereocenters. The number of Topliss-reactive ketones (excluding diaryl/α,β-unsaturated/α-hetero) is 1. The maximum Gasteiger partial charge on any atom is 0.325 e. The SMILES string of the molecule is CCC[C@@]1(c2ccccc2)NC(=O)N(CC(=O)c2ccc(CC)s2)C1=O. The summed E-state index contributed by atoms with van der Waals surface area (Å²) in [5.74, 6) is -0.560. The van der Waals surface area contributed by atoms with E-state index in [0.29, 0.717) is 11.3 Å². The molecule has 1 fully saturated rings. The average molecular weight is 370 g/mol. The van der Waals surface area contributed by atoms with Crippen molar-refractivity contribution in [2.45, 2.75) is 38.6 Å². The van der Waals surface area contributed by atoms with Gasteiger partial charge in [0.25, 0.3) is 5.91 Å². The Balaban J connectivity index is 1.86. The lowest BCUT2D eigenvalue weighted by atomic mass is 9.85. The van der Waals surface area contributed by atoms with Crippen LogP contribution in [0.4, 0.5) is 4.79 Å². The molecule has 0 radical (unpaired) electrons. The fraction of sp³-hybridized carbons (Fsp3) is 0.350. The van der Waals surface area contributed by atoms with Crippen LogP contribution >= 0.6 is 11.3 Å². The number of nitrogens with one attached hydrogen (secondary N) is 1. The lowest BCUT2D eigenvalue weighted by molar-refractivity contribution is -0.131. The van der Waals surface area contributed by atoms with Gasteiger partial charge in [-0.25, -0.2) is 4.79 Å². The highest BCUT2D eigenvalue weighted by Gasteiger charge is 2.52. The molecule has 0 saturated carbocycles. The molecule has 6 heteroatoms.